The van der Waals surface area contributed by atoms with Crippen LogP contribution < -0.4 is 10.1 Å². The average Bonchev–Trinajstić information content (AvgIpc) is 3.04. The standard InChI is InChI=1S/C26H33N3O3/c1-16(2)32-20-10-8-18(9-11-20)27-25-28-22-14-21(24(30)31)17(3)13-23(22)29(25)19-7-6-12-26(4,5)15-19/h8-11,13-14,16,19H,6-7,12,15H2,1-5H3,(H,27,28)(H,30,31). The first-order valence-corrected chi connectivity index (χ1v) is 11.4. The van der Waals surface area contributed by atoms with E-state index in [-0.39, 0.29) is 11.5 Å². The summed E-state index contributed by atoms with van der Waals surface area (Å²) in [5.74, 6) is 0.657. The van der Waals surface area contributed by atoms with Gasteiger partial charge in [0.05, 0.1) is 22.7 Å². The lowest BCUT2D eigenvalue weighted by molar-refractivity contribution is 0.0696. The fraction of sp³-hybridized carbons (Fsp3) is 0.462. The Morgan fingerprint density at radius 2 is 1.97 bits per heavy atom. The van der Waals surface area contributed by atoms with Crippen LogP contribution in [0.15, 0.2) is 36.4 Å². The molecule has 0 radical (unpaired) electrons. The molecule has 0 spiro atoms. The smallest absolute Gasteiger partial charge is 0.336 e. The fourth-order valence-electron chi connectivity index (χ4n) is 4.83. The van der Waals surface area contributed by atoms with Crippen LogP contribution in [0.25, 0.3) is 11.0 Å². The predicted octanol–water partition coefficient (Wildman–Crippen LogP) is 6.72. The Morgan fingerprint density at radius 3 is 2.59 bits per heavy atom. The van der Waals surface area contributed by atoms with Crippen LogP contribution >= 0.6 is 0 Å². The van der Waals surface area contributed by atoms with E-state index in [9.17, 15) is 9.90 Å². The number of ether oxygens (including phenoxy) is 1. The Kier molecular flexibility index (Phi) is 5.89. The molecule has 2 N–H and O–H groups in total. The minimum absolute atomic E-state index is 0.124. The van der Waals surface area contributed by atoms with Gasteiger partial charge < -0.3 is 19.7 Å². The number of carboxylic acid groups (broad SMARTS) is 1. The number of aromatic nitrogens is 2. The third-order valence-corrected chi connectivity index (χ3v) is 6.29. The number of fused-ring (bicyclic) bond motifs is 1. The summed E-state index contributed by atoms with van der Waals surface area (Å²) < 4.78 is 8.04. The minimum atomic E-state index is -0.923. The summed E-state index contributed by atoms with van der Waals surface area (Å²) in [4.78, 5) is 16.5. The summed E-state index contributed by atoms with van der Waals surface area (Å²) in [7, 11) is 0. The lowest BCUT2D eigenvalue weighted by Crippen LogP contribution is -2.25. The van der Waals surface area contributed by atoms with Gasteiger partial charge in [0.2, 0.25) is 5.95 Å². The number of nitrogens with zero attached hydrogens (tertiary/aromatic N) is 2. The van der Waals surface area contributed by atoms with Crippen LogP contribution in [0.5, 0.6) is 5.75 Å². The van der Waals surface area contributed by atoms with Gasteiger partial charge in [0, 0.05) is 11.7 Å². The van der Waals surface area contributed by atoms with Crippen LogP contribution in [0.1, 0.15) is 75.3 Å². The number of hydrogen-bond acceptors (Lipinski definition) is 4. The van der Waals surface area contributed by atoms with Gasteiger partial charge in [0.25, 0.3) is 0 Å². The summed E-state index contributed by atoms with van der Waals surface area (Å²) >= 11 is 0. The van der Waals surface area contributed by atoms with Gasteiger partial charge in [-0.2, -0.15) is 0 Å². The number of hydrogen-bond donors (Lipinski definition) is 2. The molecule has 32 heavy (non-hydrogen) atoms. The van der Waals surface area contributed by atoms with Gasteiger partial charge in [0.15, 0.2) is 0 Å². The van der Waals surface area contributed by atoms with Crippen molar-refractivity contribution < 1.29 is 14.6 Å². The molecule has 6 nitrogen and oxygen atoms in total. The molecule has 0 amide bonds. The SMILES string of the molecule is Cc1cc2c(cc1C(=O)O)nc(Nc1ccc(OC(C)C)cc1)n2C1CCCC(C)(C)C1. The Bertz CT molecular complexity index is 1130. The number of carboxylic acids is 1. The average molecular weight is 436 g/mol. The first kappa shape index (κ1) is 22.2. The van der Waals surface area contributed by atoms with Crippen LogP contribution in [0.3, 0.4) is 0 Å². The molecule has 1 saturated carbocycles. The number of imidazole rings is 1. The van der Waals surface area contributed by atoms with E-state index in [2.05, 4.69) is 23.7 Å². The normalized spacial score (nSPS) is 18.1. The monoisotopic (exact) mass is 435 g/mol. The number of aryl methyl sites for hydroxylation is 1. The molecular weight excluding hydrogens is 402 g/mol. The number of aromatic carboxylic acids is 1. The lowest BCUT2D eigenvalue weighted by Gasteiger charge is -2.36. The van der Waals surface area contributed by atoms with Crippen molar-refractivity contribution in [1.29, 1.82) is 0 Å². The van der Waals surface area contributed by atoms with Crippen molar-refractivity contribution in [3.8, 4) is 5.75 Å². The van der Waals surface area contributed by atoms with Crippen molar-refractivity contribution in [3.63, 3.8) is 0 Å². The van der Waals surface area contributed by atoms with Crippen LogP contribution in [0.4, 0.5) is 11.6 Å². The topological polar surface area (TPSA) is 76.4 Å². The quantitative estimate of drug-likeness (QED) is 0.450. The summed E-state index contributed by atoms with van der Waals surface area (Å²) in [6.45, 7) is 10.5. The van der Waals surface area contributed by atoms with Crippen molar-refractivity contribution in [1.82, 2.24) is 9.55 Å². The van der Waals surface area contributed by atoms with E-state index >= 15 is 0 Å². The fourth-order valence-corrected chi connectivity index (χ4v) is 4.83. The molecule has 1 aliphatic rings. The van der Waals surface area contributed by atoms with Crippen LogP contribution in [-0.2, 0) is 0 Å². The van der Waals surface area contributed by atoms with E-state index in [0.29, 0.717) is 17.1 Å². The Morgan fingerprint density at radius 1 is 1.25 bits per heavy atom. The van der Waals surface area contributed by atoms with Crippen molar-refractivity contribution in [3.05, 3.63) is 47.5 Å². The lowest BCUT2D eigenvalue weighted by atomic mass is 9.75. The number of anilines is 2. The molecule has 1 atom stereocenters. The molecule has 0 aliphatic heterocycles. The third kappa shape index (κ3) is 4.59. The molecule has 2 aromatic carbocycles. The second-order valence-corrected chi connectivity index (χ2v) is 10.00. The van der Waals surface area contributed by atoms with Crippen molar-refractivity contribution in [2.45, 2.75) is 72.4 Å². The molecule has 1 aliphatic carbocycles. The molecule has 0 saturated heterocycles. The molecule has 1 heterocycles. The molecule has 1 aromatic heterocycles. The first-order chi connectivity index (χ1) is 15.1. The zero-order chi connectivity index (χ0) is 23.0. The van der Waals surface area contributed by atoms with Crippen molar-refractivity contribution in [2.75, 3.05) is 5.32 Å². The highest BCUT2D eigenvalue weighted by molar-refractivity contribution is 5.95. The Labute approximate surface area is 189 Å². The van der Waals surface area contributed by atoms with Gasteiger partial charge in [-0.25, -0.2) is 9.78 Å². The highest BCUT2D eigenvalue weighted by Gasteiger charge is 2.31. The zero-order valence-electron chi connectivity index (χ0n) is 19.6. The molecule has 0 bridgehead atoms. The van der Waals surface area contributed by atoms with E-state index in [0.717, 1.165) is 41.3 Å². The van der Waals surface area contributed by atoms with Crippen molar-refractivity contribution in [2.24, 2.45) is 5.41 Å². The van der Waals surface area contributed by atoms with E-state index in [4.69, 9.17) is 9.72 Å². The second kappa shape index (κ2) is 8.49. The van der Waals surface area contributed by atoms with E-state index in [1.54, 1.807) is 6.07 Å². The second-order valence-electron chi connectivity index (χ2n) is 10.00. The molecule has 3 aromatic rings. The van der Waals surface area contributed by atoms with Crippen LogP contribution in [-0.4, -0.2) is 26.7 Å². The van der Waals surface area contributed by atoms with Gasteiger partial charge in [-0.05, 0) is 87.4 Å². The molecular formula is C26H33N3O3. The highest BCUT2D eigenvalue weighted by atomic mass is 16.5. The maximum absolute atomic E-state index is 11.7. The molecule has 170 valence electrons. The maximum Gasteiger partial charge on any atom is 0.336 e. The van der Waals surface area contributed by atoms with Crippen LogP contribution in [0, 0.1) is 12.3 Å². The van der Waals surface area contributed by atoms with Gasteiger partial charge >= 0.3 is 5.97 Å². The zero-order valence-corrected chi connectivity index (χ0v) is 19.6. The number of nitrogens with one attached hydrogen (secondary N) is 1. The predicted molar refractivity (Wildman–Crippen MR) is 128 cm³/mol. The summed E-state index contributed by atoms with van der Waals surface area (Å²) in [5.41, 5.74) is 3.93. The van der Waals surface area contributed by atoms with E-state index < -0.39 is 5.97 Å². The Balaban J connectivity index is 1.77. The third-order valence-electron chi connectivity index (χ3n) is 6.29. The highest BCUT2D eigenvalue weighted by Crippen LogP contribution is 2.43. The summed E-state index contributed by atoms with van der Waals surface area (Å²) in [5, 5.41) is 13.1. The molecule has 6 heteroatoms. The largest absolute Gasteiger partial charge is 0.491 e. The first-order valence-electron chi connectivity index (χ1n) is 11.4. The van der Waals surface area contributed by atoms with Gasteiger partial charge in [-0.15, -0.1) is 0 Å². The number of rotatable bonds is 6. The van der Waals surface area contributed by atoms with Gasteiger partial charge in [0.1, 0.15) is 5.75 Å². The summed E-state index contributed by atoms with van der Waals surface area (Å²) in [6.07, 6.45) is 4.67. The maximum atomic E-state index is 11.7. The molecule has 1 fully saturated rings. The van der Waals surface area contributed by atoms with Gasteiger partial charge in [-0.1, -0.05) is 20.3 Å². The number of carbonyl (C=O) groups is 1. The van der Waals surface area contributed by atoms with Crippen molar-refractivity contribution >= 4 is 28.6 Å². The minimum Gasteiger partial charge on any atom is -0.491 e. The Hall–Kier alpha value is -3.02. The molecule has 4 rings (SSSR count). The van der Waals surface area contributed by atoms with Gasteiger partial charge in [-0.3, -0.25) is 0 Å². The number of benzene rings is 2. The molecule has 1 unspecified atom stereocenters. The van der Waals surface area contributed by atoms with Crippen LogP contribution in [0.2, 0.25) is 0 Å². The van der Waals surface area contributed by atoms with E-state index in [1.165, 1.54) is 12.8 Å². The van der Waals surface area contributed by atoms with E-state index in [1.807, 2.05) is 51.1 Å². The summed E-state index contributed by atoms with van der Waals surface area (Å²) in [6, 6.07) is 11.8.